The average molecular weight is 498 g/mol. The number of aliphatic hydroxyl groups excluding tert-OH is 2. The van der Waals surface area contributed by atoms with Crippen LogP contribution in [-0.2, 0) is 22.4 Å². The molecule has 2 unspecified atom stereocenters. The Balaban J connectivity index is 2.18. The first-order chi connectivity index (χ1) is 17.1. The summed E-state index contributed by atoms with van der Waals surface area (Å²) in [5, 5.41) is 24.4. The van der Waals surface area contributed by atoms with E-state index in [1.165, 1.54) is 0 Å². The lowest BCUT2D eigenvalue weighted by Crippen LogP contribution is -2.59. The molecule has 0 aliphatic heterocycles. The Kier molecular flexibility index (Phi) is 12.1. The normalized spacial score (nSPS) is 14.8. The maximum atomic E-state index is 13.7. The third kappa shape index (κ3) is 9.04. The molecular weight excluding hydrogens is 454 g/mol. The van der Waals surface area contributed by atoms with Crippen molar-refractivity contribution in [1.82, 2.24) is 10.3 Å². The second-order valence-electron chi connectivity index (χ2n) is 10.3. The van der Waals surface area contributed by atoms with E-state index in [0.29, 0.717) is 19.3 Å². The van der Waals surface area contributed by atoms with Gasteiger partial charge in [-0.05, 0) is 48.6 Å². The second-order valence-corrected chi connectivity index (χ2v) is 10.3. The lowest BCUT2D eigenvalue weighted by atomic mass is 9.89. The molecule has 36 heavy (non-hydrogen) atoms. The van der Waals surface area contributed by atoms with Crippen molar-refractivity contribution in [3.05, 3.63) is 71.8 Å². The molecule has 4 atom stereocenters. The zero-order valence-electron chi connectivity index (χ0n) is 22.0. The van der Waals surface area contributed by atoms with Crippen molar-refractivity contribution >= 4 is 11.8 Å². The number of aryl methyl sites for hydroxylation is 1. The summed E-state index contributed by atoms with van der Waals surface area (Å²) in [7, 11) is 0. The van der Waals surface area contributed by atoms with Crippen molar-refractivity contribution in [2.45, 2.75) is 71.6 Å². The zero-order valence-corrected chi connectivity index (χ0v) is 22.0. The highest BCUT2D eigenvalue weighted by Gasteiger charge is 2.36. The van der Waals surface area contributed by atoms with Gasteiger partial charge in [0.25, 0.3) is 0 Å². The Morgan fingerprint density at radius 3 is 1.97 bits per heavy atom. The van der Waals surface area contributed by atoms with Crippen LogP contribution in [0.5, 0.6) is 0 Å². The number of nitrogens with zero attached hydrogens (tertiary/aromatic N) is 1. The predicted octanol–water partition coefficient (Wildman–Crippen LogP) is 3.09. The average Bonchev–Trinajstić information content (AvgIpc) is 2.86. The topological polar surface area (TPSA) is 116 Å². The van der Waals surface area contributed by atoms with Gasteiger partial charge in [-0.25, -0.2) is 5.84 Å². The molecule has 2 aromatic carbocycles. The molecule has 5 N–H and O–H groups in total. The van der Waals surface area contributed by atoms with Gasteiger partial charge in [0.1, 0.15) is 6.04 Å². The van der Waals surface area contributed by atoms with Gasteiger partial charge in [0, 0.05) is 5.92 Å². The van der Waals surface area contributed by atoms with Gasteiger partial charge >= 0.3 is 0 Å². The van der Waals surface area contributed by atoms with Crippen molar-refractivity contribution in [3.8, 4) is 0 Å². The first-order valence-corrected chi connectivity index (χ1v) is 12.9. The lowest BCUT2D eigenvalue weighted by Gasteiger charge is -2.34. The molecule has 0 saturated carbocycles. The van der Waals surface area contributed by atoms with E-state index in [4.69, 9.17) is 5.84 Å². The quantitative estimate of drug-likeness (QED) is 0.182. The van der Waals surface area contributed by atoms with Crippen LogP contribution >= 0.6 is 0 Å². The van der Waals surface area contributed by atoms with Crippen LogP contribution in [0.1, 0.15) is 51.7 Å². The van der Waals surface area contributed by atoms with Gasteiger partial charge in [-0.2, -0.15) is 0 Å². The third-order valence-electron chi connectivity index (χ3n) is 6.62. The summed E-state index contributed by atoms with van der Waals surface area (Å²) < 4.78 is 0. The summed E-state index contributed by atoms with van der Waals surface area (Å²) >= 11 is 0. The van der Waals surface area contributed by atoms with Gasteiger partial charge in [-0.1, -0.05) is 88.4 Å². The molecule has 0 aliphatic rings. The Morgan fingerprint density at radius 2 is 1.47 bits per heavy atom. The highest BCUT2D eigenvalue weighted by Crippen LogP contribution is 2.22. The highest BCUT2D eigenvalue weighted by molar-refractivity contribution is 5.88. The molecule has 0 fully saturated rings. The molecule has 0 heterocycles. The summed E-state index contributed by atoms with van der Waals surface area (Å²) in [6, 6.07) is 18.2. The molecule has 0 bridgehead atoms. The minimum Gasteiger partial charge on any atom is -0.394 e. The molecule has 2 rings (SSSR count). The highest BCUT2D eigenvalue weighted by atomic mass is 16.3. The SMILES string of the molecule is CC(C)[C@@H](C(=O)N[C@H](CO)C(C)C)N(N)C(=O)C(Cc1ccccc1)CC(O)CCc1ccccc1. The number of aliphatic hydroxyl groups is 2. The van der Waals surface area contributed by atoms with Crippen LogP contribution in [0, 0.1) is 17.8 Å². The van der Waals surface area contributed by atoms with Gasteiger partial charge < -0.3 is 15.5 Å². The largest absolute Gasteiger partial charge is 0.394 e. The Labute approximate surface area is 215 Å². The van der Waals surface area contributed by atoms with Gasteiger partial charge in [0.05, 0.1) is 18.8 Å². The Morgan fingerprint density at radius 1 is 0.917 bits per heavy atom. The summed E-state index contributed by atoms with van der Waals surface area (Å²) in [4.78, 5) is 26.8. The molecular formula is C29H43N3O4. The van der Waals surface area contributed by atoms with Crippen LogP contribution in [0.2, 0.25) is 0 Å². The monoisotopic (exact) mass is 497 g/mol. The second kappa shape index (κ2) is 14.7. The van der Waals surface area contributed by atoms with Crippen molar-refractivity contribution in [2.24, 2.45) is 23.6 Å². The van der Waals surface area contributed by atoms with Gasteiger partial charge in [0.15, 0.2) is 0 Å². The van der Waals surface area contributed by atoms with Crippen LogP contribution in [0.15, 0.2) is 60.7 Å². The predicted molar refractivity (Wildman–Crippen MR) is 143 cm³/mol. The van der Waals surface area contributed by atoms with E-state index < -0.39 is 30.0 Å². The van der Waals surface area contributed by atoms with Gasteiger partial charge in [-0.15, -0.1) is 0 Å². The van der Waals surface area contributed by atoms with Crippen LogP contribution in [-0.4, -0.2) is 51.8 Å². The van der Waals surface area contributed by atoms with E-state index >= 15 is 0 Å². The molecule has 0 aliphatic carbocycles. The fraction of sp³-hybridized carbons (Fsp3) is 0.517. The Bertz CT molecular complexity index is 921. The van der Waals surface area contributed by atoms with Crippen molar-refractivity contribution in [3.63, 3.8) is 0 Å². The number of nitrogens with one attached hydrogen (secondary N) is 1. The Hall–Kier alpha value is -2.74. The summed E-state index contributed by atoms with van der Waals surface area (Å²) in [6.45, 7) is 7.29. The zero-order chi connectivity index (χ0) is 26.7. The summed E-state index contributed by atoms with van der Waals surface area (Å²) in [5.41, 5.74) is 2.09. The molecule has 0 saturated heterocycles. The fourth-order valence-electron chi connectivity index (χ4n) is 4.38. The molecule has 0 radical (unpaired) electrons. The number of benzene rings is 2. The molecule has 0 spiro atoms. The van der Waals surface area contributed by atoms with Crippen molar-refractivity contribution < 1.29 is 19.8 Å². The van der Waals surface area contributed by atoms with E-state index in [1.807, 2.05) is 88.4 Å². The standard InChI is InChI=1S/C29H43N3O4/c1-20(2)26(19-33)31-28(35)27(21(3)4)32(30)29(36)24(17-23-13-9-6-10-14-23)18-25(34)16-15-22-11-7-5-8-12-22/h5-14,20-21,24-27,33-34H,15-19,30H2,1-4H3,(H,31,35)/t24?,25?,26-,27+/m1/s1. The maximum Gasteiger partial charge on any atom is 0.244 e. The van der Waals surface area contributed by atoms with E-state index in [-0.39, 0.29) is 30.8 Å². The van der Waals surface area contributed by atoms with E-state index in [0.717, 1.165) is 16.1 Å². The molecule has 2 amide bonds. The summed E-state index contributed by atoms with van der Waals surface area (Å²) in [6.07, 6.45) is 1.19. The first-order valence-electron chi connectivity index (χ1n) is 12.9. The molecule has 7 heteroatoms. The number of rotatable bonds is 14. The minimum atomic E-state index is -0.898. The number of hydrazine groups is 1. The number of hydrogen-bond acceptors (Lipinski definition) is 5. The molecule has 2 aromatic rings. The van der Waals surface area contributed by atoms with E-state index in [1.54, 1.807) is 0 Å². The van der Waals surface area contributed by atoms with Crippen LogP contribution in [0.3, 0.4) is 0 Å². The number of carbonyl (C=O) groups excluding carboxylic acids is 2. The minimum absolute atomic E-state index is 0.0271. The van der Waals surface area contributed by atoms with Crippen LogP contribution in [0.25, 0.3) is 0 Å². The molecule has 7 nitrogen and oxygen atoms in total. The summed E-state index contributed by atoms with van der Waals surface area (Å²) in [5.74, 6) is 4.76. The number of hydrogen-bond donors (Lipinski definition) is 4. The van der Waals surface area contributed by atoms with Gasteiger partial charge in [-0.3, -0.25) is 14.6 Å². The van der Waals surface area contributed by atoms with Crippen LogP contribution in [0.4, 0.5) is 0 Å². The number of nitrogens with two attached hydrogens (primary N) is 1. The third-order valence-corrected chi connectivity index (χ3v) is 6.62. The van der Waals surface area contributed by atoms with E-state index in [9.17, 15) is 19.8 Å². The number of amides is 2. The van der Waals surface area contributed by atoms with Crippen molar-refractivity contribution in [2.75, 3.05) is 6.61 Å². The van der Waals surface area contributed by atoms with Crippen molar-refractivity contribution in [1.29, 1.82) is 0 Å². The molecule has 0 aromatic heterocycles. The smallest absolute Gasteiger partial charge is 0.244 e. The van der Waals surface area contributed by atoms with Gasteiger partial charge in [0.2, 0.25) is 11.8 Å². The fourth-order valence-corrected chi connectivity index (χ4v) is 4.38. The maximum absolute atomic E-state index is 13.7. The van der Waals surface area contributed by atoms with E-state index in [2.05, 4.69) is 5.32 Å². The van der Waals surface area contributed by atoms with Crippen LogP contribution < -0.4 is 11.2 Å². The number of carbonyl (C=O) groups is 2. The molecule has 198 valence electrons. The first kappa shape index (κ1) is 29.5. The lowest BCUT2D eigenvalue weighted by molar-refractivity contribution is -0.147.